The van der Waals surface area contributed by atoms with E-state index in [2.05, 4.69) is 10.5 Å². The molecule has 152 valence electrons. The Morgan fingerprint density at radius 1 is 0.867 bits per heavy atom. The van der Waals surface area contributed by atoms with Gasteiger partial charge >= 0.3 is 5.97 Å². The highest BCUT2D eigenvalue weighted by atomic mass is 35.5. The summed E-state index contributed by atoms with van der Waals surface area (Å²) in [6.07, 6.45) is 1.40. The third-order valence-electron chi connectivity index (χ3n) is 3.78. The summed E-state index contributed by atoms with van der Waals surface area (Å²) in [4.78, 5) is 24.4. The molecule has 0 heterocycles. The molecule has 0 aliphatic rings. The summed E-state index contributed by atoms with van der Waals surface area (Å²) < 4.78 is 5.34. The van der Waals surface area contributed by atoms with E-state index in [1.807, 2.05) is 0 Å². The van der Waals surface area contributed by atoms with Gasteiger partial charge in [0, 0.05) is 10.6 Å². The maximum Gasteiger partial charge on any atom is 0.345 e. The van der Waals surface area contributed by atoms with Crippen molar-refractivity contribution in [2.75, 3.05) is 0 Å². The van der Waals surface area contributed by atoms with E-state index in [4.69, 9.17) is 51.1 Å². The van der Waals surface area contributed by atoms with Gasteiger partial charge in [-0.2, -0.15) is 5.10 Å². The number of carbonyl (C=O) groups excluding carboxylic acids is 2. The zero-order valence-electron chi connectivity index (χ0n) is 15.0. The van der Waals surface area contributed by atoms with E-state index in [1.54, 1.807) is 30.3 Å². The van der Waals surface area contributed by atoms with E-state index in [0.29, 0.717) is 21.2 Å². The Kier molecular flexibility index (Phi) is 7.34. The fraction of sp³-hybridized carbons (Fsp3) is 0. The Hall–Kier alpha value is -2.57. The quantitative estimate of drug-likeness (QED) is 0.201. The van der Waals surface area contributed by atoms with Gasteiger partial charge in [0.1, 0.15) is 5.75 Å². The zero-order chi connectivity index (χ0) is 21.7. The van der Waals surface area contributed by atoms with Crippen molar-refractivity contribution in [3.8, 4) is 5.75 Å². The van der Waals surface area contributed by atoms with Crippen LogP contribution in [0.5, 0.6) is 5.75 Å². The van der Waals surface area contributed by atoms with E-state index in [0.717, 1.165) is 0 Å². The number of benzene rings is 3. The predicted octanol–water partition coefficient (Wildman–Crippen LogP) is 6.28. The van der Waals surface area contributed by atoms with Gasteiger partial charge in [0.2, 0.25) is 0 Å². The Labute approximate surface area is 192 Å². The number of nitrogens with zero attached hydrogens (tertiary/aromatic N) is 1. The summed E-state index contributed by atoms with van der Waals surface area (Å²) in [6, 6.07) is 15.6. The van der Waals surface area contributed by atoms with Crippen molar-refractivity contribution in [3.63, 3.8) is 0 Å². The number of rotatable bonds is 5. The van der Waals surface area contributed by atoms with Crippen LogP contribution in [0, 0.1) is 0 Å². The van der Waals surface area contributed by atoms with Gasteiger partial charge in [0.15, 0.2) is 0 Å². The third-order valence-corrected chi connectivity index (χ3v) is 5.07. The largest absolute Gasteiger partial charge is 0.423 e. The number of nitrogens with one attached hydrogen (secondary N) is 1. The molecule has 3 aromatic rings. The molecule has 0 aliphatic heterocycles. The number of carbonyl (C=O) groups is 2. The monoisotopic (exact) mass is 480 g/mol. The minimum atomic E-state index is -0.626. The first-order valence-electron chi connectivity index (χ1n) is 8.39. The number of ether oxygens (including phenoxy) is 1. The molecule has 0 saturated carbocycles. The first kappa shape index (κ1) is 22.1. The van der Waals surface area contributed by atoms with Gasteiger partial charge in [-0.05, 0) is 54.1 Å². The Morgan fingerprint density at radius 3 is 2.40 bits per heavy atom. The average Bonchev–Trinajstić information content (AvgIpc) is 2.70. The molecule has 0 unspecified atom stereocenters. The van der Waals surface area contributed by atoms with Crippen LogP contribution in [0.15, 0.2) is 65.8 Å². The van der Waals surface area contributed by atoms with E-state index in [9.17, 15) is 9.59 Å². The standard InChI is InChI=1S/C21H12Cl4N2O3/c22-14-5-6-16(18(24)10-14)21(29)30-15-3-1-2-12(8-15)11-26-27-20(28)13-4-7-17(23)19(25)9-13/h1-11H,(H,27,28)/b26-11-. The summed E-state index contributed by atoms with van der Waals surface area (Å²) in [7, 11) is 0. The van der Waals surface area contributed by atoms with Crippen molar-refractivity contribution in [1.82, 2.24) is 5.43 Å². The summed E-state index contributed by atoms with van der Waals surface area (Å²) in [5, 5.41) is 5.12. The number of hydrazone groups is 1. The summed E-state index contributed by atoms with van der Waals surface area (Å²) in [5.41, 5.74) is 3.48. The zero-order valence-corrected chi connectivity index (χ0v) is 18.1. The van der Waals surface area contributed by atoms with Crippen molar-refractivity contribution < 1.29 is 14.3 Å². The van der Waals surface area contributed by atoms with Crippen molar-refractivity contribution in [2.45, 2.75) is 0 Å². The van der Waals surface area contributed by atoms with Crippen molar-refractivity contribution in [2.24, 2.45) is 5.10 Å². The molecular formula is C21H12Cl4N2O3. The second kappa shape index (κ2) is 9.96. The van der Waals surface area contributed by atoms with Crippen LogP contribution in [0.3, 0.4) is 0 Å². The van der Waals surface area contributed by atoms with Crippen LogP contribution in [0.25, 0.3) is 0 Å². The van der Waals surface area contributed by atoms with Gasteiger partial charge < -0.3 is 4.74 Å². The summed E-state index contributed by atoms with van der Waals surface area (Å²) in [6.45, 7) is 0. The van der Waals surface area contributed by atoms with Crippen LogP contribution in [-0.2, 0) is 0 Å². The van der Waals surface area contributed by atoms with Gasteiger partial charge in [-0.3, -0.25) is 4.79 Å². The van der Waals surface area contributed by atoms with E-state index >= 15 is 0 Å². The maximum absolute atomic E-state index is 12.3. The normalized spacial score (nSPS) is 10.8. The van der Waals surface area contributed by atoms with Gasteiger partial charge in [-0.15, -0.1) is 0 Å². The highest BCUT2D eigenvalue weighted by molar-refractivity contribution is 6.42. The van der Waals surface area contributed by atoms with Crippen LogP contribution in [-0.4, -0.2) is 18.1 Å². The Balaban J connectivity index is 1.65. The first-order chi connectivity index (χ1) is 14.3. The lowest BCUT2D eigenvalue weighted by molar-refractivity contribution is 0.0734. The molecule has 9 heteroatoms. The van der Waals surface area contributed by atoms with Crippen molar-refractivity contribution in [3.05, 3.63) is 97.4 Å². The molecule has 0 spiro atoms. The number of esters is 1. The van der Waals surface area contributed by atoms with E-state index in [1.165, 1.54) is 36.5 Å². The van der Waals surface area contributed by atoms with Crippen LogP contribution in [0.1, 0.15) is 26.3 Å². The molecule has 30 heavy (non-hydrogen) atoms. The average molecular weight is 482 g/mol. The lowest BCUT2D eigenvalue weighted by atomic mass is 10.2. The van der Waals surface area contributed by atoms with E-state index < -0.39 is 11.9 Å². The first-order valence-corrected chi connectivity index (χ1v) is 9.90. The van der Waals surface area contributed by atoms with Crippen LogP contribution >= 0.6 is 46.4 Å². The lowest BCUT2D eigenvalue weighted by Gasteiger charge is -2.07. The maximum atomic E-state index is 12.3. The molecule has 3 aromatic carbocycles. The highest BCUT2D eigenvalue weighted by Crippen LogP contribution is 2.24. The molecule has 3 rings (SSSR count). The molecule has 0 aliphatic carbocycles. The molecule has 0 saturated heterocycles. The topological polar surface area (TPSA) is 67.8 Å². The van der Waals surface area contributed by atoms with Crippen molar-refractivity contribution in [1.29, 1.82) is 0 Å². The van der Waals surface area contributed by atoms with Crippen LogP contribution in [0.2, 0.25) is 20.1 Å². The Morgan fingerprint density at radius 2 is 1.67 bits per heavy atom. The number of hydrogen-bond acceptors (Lipinski definition) is 4. The highest BCUT2D eigenvalue weighted by Gasteiger charge is 2.13. The molecule has 1 N–H and O–H groups in total. The fourth-order valence-corrected chi connectivity index (χ4v) is 3.13. The molecular weight excluding hydrogens is 470 g/mol. The molecule has 0 radical (unpaired) electrons. The van der Waals surface area contributed by atoms with Crippen LogP contribution < -0.4 is 10.2 Å². The smallest absolute Gasteiger partial charge is 0.345 e. The molecule has 0 fully saturated rings. The van der Waals surface area contributed by atoms with Gasteiger partial charge in [-0.1, -0.05) is 58.5 Å². The van der Waals surface area contributed by atoms with Crippen molar-refractivity contribution >= 4 is 64.5 Å². The second-order valence-corrected chi connectivity index (χ2v) is 7.57. The summed E-state index contributed by atoms with van der Waals surface area (Å²) in [5.74, 6) is -0.797. The van der Waals surface area contributed by atoms with Crippen LogP contribution in [0.4, 0.5) is 0 Å². The molecule has 5 nitrogen and oxygen atoms in total. The lowest BCUT2D eigenvalue weighted by Crippen LogP contribution is -2.17. The number of hydrogen-bond donors (Lipinski definition) is 1. The van der Waals surface area contributed by atoms with Gasteiger partial charge in [0.25, 0.3) is 5.91 Å². The second-order valence-electron chi connectivity index (χ2n) is 5.91. The predicted molar refractivity (Wildman–Crippen MR) is 119 cm³/mol. The number of amides is 1. The Bertz CT molecular complexity index is 1150. The van der Waals surface area contributed by atoms with E-state index in [-0.39, 0.29) is 21.4 Å². The molecule has 0 atom stereocenters. The fourth-order valence-electron chi connectivity index (χ4n) is 2.34. The van der Waals surface area contributed by atoms with Gasteiger partial charge in [-0.25, -0.2) is 10.2 Å². The SMILES string of the molecule is O=C(N/N=C\c1cccc(OC(=O)c2ccc(Cl)cc2Cl)c1)c1ccc(Cl)c(Cl)c1. The number of halogens is 4. The molecule has 0 aromatic heterocycles. The third kappa shape index (κ3) is 5.74. The minimum absolute atomic E-state index is 0.189. The van der Waals surface area contributed by atoms with Gasteiger partial charge in [0.05, 0.1) is 26.8 Å². The summed E-state index contributed by atoms with van der Waals surface area (Å²) >= 11 is 23.6. The molecule has 1 amide bonds. The molecule has 0 bridgehead atoms. The minimum Gasteiger partial charge on any atom is -0.423 e.